The maximum atomic E-state index is 8.88. The average Bonchev–Trinajstić information content (AvgIpc) is 2.03. The van der Waals surface area contributed by atoms with E-state index in [-0.39, 0.29) is 12.5 Å². The van der Waals surface area contributed by atoms with E-state index in [4.69, 9.17) is 5.11 Å². The minimum absolute atomic E-state index is 0.226. The lowest BCUT2D eigenvalue weighted by molar-refractivity contribution is 0.273. The van der Waals surface area contributed by atoms with E-state index in [1.807, 2.05) is 19.1 Å². The van der Waals surface area contributed by atoms with Gasteiger partial charge in [0.15, 0.2) is 0 Å². The molecule has 0 aliphatic rings. The molecule has 1 heteroatoms. The molecule has 1 atom stereocenters. The van der Waals surface area contributed by atoms with Crippen molar-refractivity contribution in [1.82, 2.24) is 0 Å². The second-order valence-electron chi connectivity index (χ2n) is 3.00. The Hall–Kier alpha value is -0.820. The van der Waals surface area contributed by atoms with Crippen molar-refractivity contribution < 1.29 is 5.11 Å². The van der Waals surface area contributed by atoms with Crippen LogP contribution in [0.1, 0.15) is 24.0 Å². The van der Waals surface area contributed by atoms with Crippen LogP contribution in [0.2, 0.25) is 0 Å². The molecule has 1 nitrogen and oxygen atoms in total. The Kier molecular flexibility index (Phi) is 2.66. The number of aliphatic hydroxyl groups excluding tert-OH is 1. The summed E-state index contributed by atoms with van der Waals surface area (Å²) in [6.45, 7) is 4.31. The Bertz CT molecular complexity index is 230. The fraction of sp³-hybridized carbons (Fsp3) is 0.400. The van der Waals surface area contributed by atoms with Crippen LogP contribution in [-0.4, -0.2) is 11.7 Å². The van der Waals surface area contributed by atoms with E-state index in [1.54, 1.807) is 0 Å². The Morgan fingerprint density at radius 2 is 2.18 bits per heavy atom. The van der Waals surface area contributed by atoms with Crippen LogP contribution in [-0.2, 0) is 0 Å². The maximum absolute atomic E-state index is 8.88. The van der Waals surface area contributed by atoms with E-state index < -0.39 is 0 Å². The highest BCUT2D eigenvalue weighted by atomic mass is 16.3. The van der Waals surface area contributed by atoms with E-state index in [0.29, 0.717) is 0 Å². The van der Waals surface area contributed by atoms with Crippen LogP contribution in [0.3, 0.4) is 0 Å². The molecule has 1 aromatic carbocycles. The predicted octanol–water partition coefficient (Wildman–Crippen LogP) is 2.09. The van der Waals surface area contributed by atoms with Gasteiger partial charge in [0, 0.05) is 12.5 Å². The van der Waals surface area contributed by atoms with E-state index in [0.717, 1.165) is 0 Å². The number of hydrogen-bond acceptors (Lipinski definition) is 1. The second-order valence-corrected chi connectivity index (χ2v) is 3.00. The highest BCUT2D eigenvalue weighted by Gasteiger charge is 2.01. The molecule has 1 rings (SSSR count). The fourth-order valence-corrected chi connectivity index (χ4v) is 1.08. The van der Waals surface area contributed by atoms with Crippen LogP contribution >= 0.6 is 0 Å². The molecule has 1 N–H and O–H groups in total. The van der Waals surface area contributed by atoms with E-state index >= 15 is 0 Å². The molecule has 0 heterocycles. The van der Waals surface area contributed by atoms with Crippen molar-refractivity contribution in [2.45, 2.75) is 19.8 Å². The molecule has 60 valence electrons. The molecule has 11 heavy (non-hydrogen) atoms. The predicted molar refractivity (Wildman–Crippen MR) is 46.7 cm³/mol. The molecule has 0 saturated heterocycles. The normalized spacial score (nSPS) is 13.0. The van der Waals surface area contributed by atoms with E-state index in [2.05, 4.69) is 19.1 Å². The largest absolute Gasteiger partial charge is 0.396 e. The first kappa shape index (κ1) is 8.28. The molecule has 0 saturated carbocycles. The minimum atomic E-state index is 0.226. The Morgan fingerprint density at radius 1 is 1.45 bits per heavy atom. The highest BCUT2D eigenvalue weighted by molar-refractivity contribution is 5.24. The zero-order valence-electron chi connectivity index (χ0n) is 7.04. The molecular formula is C10H14O. The summed E-state index contributed by atoms with van der Waals surface area (Å²) in [6.07, 6.45) is 0. The summed E-state index contributed by atoms with van der Waals surface area (Å²) in [5.41, 5.74) is 2.47. The zero-order valence-corrected chi connectivity index (χ0v) is 7.04. The van der Waals surface area contributed by atoms with Crippen molar-refractivity contribution in [1.29, 1.82) is 0 Å². The van der Waals surface area contributed by atoms with Gasteiger partial charge in [0.1, 0.15) is 0 Å². The molecule has 0 unspecified atom stereocenters. The molecule has 0 aliphatic carbocycles. The van der Waals surface area contributed by atoms with Gasteiger partial charge in [-0.3, -0.25) is 0 Å². The zero-order chi connectivity index (χ0) is 8.27. The van der Waals surface area contributed by atoms with Crippen LogP contribution in [0.5, 0.6) is 0 Å². The number of benzene rings is 1. The Morgan fingerprint density at radius 3 is 2.73 bits per heavy atom. The summed E-state index contributed by atoms with van der Waals surface area (Å²) < 4.78 is 0. The van der Waals surface area contributed by atoms with Crippen LogP contribution in [0.4, 0.5) is 0 Å². The van der Waals surface area contributed by atoms with Gasteiger partial charge >= 0.3 is 0 Å². The molecule has 0 amide bonds. The van der Waals surface area contributed by atoms with Crippen molar-refractivity contribution >= 4 is 0 Å². The van der Waals surface area contributed by atoms with Gasteiger partial charge in [0.05, 0.1) is 0 Å². The molecule has 0 radical (unpaired) electrons. The first-order valence-electron chi connectivity index (χ1n) is 3.91. The lowest BCUT2D eigenvalue weighted by Crippen LogP contribution is -1.98. The summed E-state index contributed by atoms with van der Waals surface area (Å²) in [6, 6.07) is 8.25. The van der Waals surface area contributed by atoms with Gasteiger partial charge in [-0.05, 0) is 12.5 Å². The lowest BCUT2D eigenvalue weighted by Gasteiger charge is -2.07. The van der Waals surface area contributed by atoms with Crippen LogP contribution in [0.25, 0.3) is 0 Å². The fourth-order valence-electron chi connectivity index (χ4n) is 1.08. The van der Waals surface area contributed by atoms with Gasteiger partial charge in [0.2, 0.25) is 0 Å². The third kappa shape index (κ3) is 2.05. The monoisotopic (exact) mass is 150 g/mol. The second kappa shape index (κ2) is 3.54. The smallest absolute Gasteiger partial charge is 0.0497 e. The number of aliphatic hydroxyl groups is 1. The average molecular weight is 150 g/mol. The molecule has 0 fully saturated rings. The third-order valence-corrected chi connectivity index (χ3v) is 1.89. The number of aryl methyl sites for hydroxylation is 1. The standard InChI is InChI=1S/C10H14O/c1-8-4-3-5-10(6-8)9(2)7-11/h3-6,9,11H,7H2,1-2H3/t9-/m0/s1. The molecule has 0 bridgehead atoms. The van der Waals surface area contributed by atoms with Crippen molar-refractivity contribution in [3.05, 3.63) is 35.4 Å². The Labute approximate surface area is 67.7 Å². The van der Waals surface area contributed by atoms with Gasteiger partial charge in [-0.1, -0.05) is 36.8 Å². The number of rotatable bonds is 2. The molecule has 0 spiro atoms. The SMILES string of the molecule is Cc1cccc([C@@H](C)CO)c1. The van der Waals surface area contributed by atoms with Crippen LogP contribution < -0.4 is 0 Å². The summed E-state index contributed by atoms with van der Waals surface area (Å²) >= 11 is 0. The van der Waals surface area contributed by atoms with Crippen molar-refractivity contribution in [3.63, 3.8) is 0 Å². The molecule has 0 aromatic heterocycles. The van der Waals surface area contributed by atoms with E-state index in [1.165, 1.54) is 11.1 Å². The van der Waals surface area contributed by atoms with Gasteiger partial charge in [-0.15, -0.1) is 0 Å². The summed E-state index contributed by atoms with van der Waals surface area (Å²) in [7, 11) is 0. The van der Waals surface area contributed by atoms with Gasteiger partial charge < -0.3 is 5.11 Å². The Balaban J connectivity index is 2.86. The van der Waals surface area contributed by atoms with Gasteiger partial charge in [-0.25, -0.2) is 0 Å². The lowest BCUT2D eigenvalue weighted by atomic mass is 10.0. The summed E-state index contributed by atoms with van der Waals surface area (Å²) in [5.74, 6) is 0.259. The minimum Gasteiger partial charge on any atom is -0.396 e. The van der Waals surface area contributed by atoms with Crippen molar-refractivity contribution in [2.75, 3.05) is 6.61 Å². The van der Waals surface area contributed by atoms with E-state index in [9.17, 15) is 0 Å². The van der Waals surface area contributed by atoms with Gasteiger partial charge in [0.25, 0.3) is 0 Å². The maximum Gasteiger partial charge on any atom is 0.0497 e. The quantitative estimate of drug-likeness (QED) is 0.684. The third-order valence-electron chi connectivity index (χ3n) is 1.89. The van der Waals surface area contributed by atoms with Crippen molar-refractivity contribution in [3.8, 4) is 0 Å². The first-order chi connectivity index (χ1) is 5.24. The first-order valence-corrected chi connectivity index (χ1v) is 3.91. The van der Waals surface area contributed by atoms with Crippen LogP contribution in [0, 0.1) is 6.92 Å². The summed E-state index contributed by atoms with van der Waals surface area (Å²) in [5, 5.41) is 8.88. The molecule has 1 aromatic rings. The molecular weight excluding hydrogens is 136 g/mol. The highest BCUT2D eigenvalue weighted by Crippen LogP contribution is 2.14. The van der Waals surface area contributed by atoms with Crippen LogP contribution in [0.15, 0.2) is 24.3 Å². The molecule has 0 aliphatic heterocycles. The van der Waals surface area contributed by atoms with Crippen molar-refractivity contribution in [2.24, 2.45) is 0 Å². The van der Waals surface area contributed by atoms with Gasteiger partial charge in [-0.2, -0.15) is 0 Å². The number of hydrogen-bond donors (Lipinski definition) is 1. The summed E-state index contributed by atoms with van der Waals surface area (Å²) in [4.78, 5) is 0. The topological polar surface area (TPSA) is 20.2 Å².